The summed E-state index contributed by atoms with van der Waals surface area (Å²) in [5, 5.41) is 1.38. The highest BCUT2D eigenvalue weighted by Gasteiger charge is 2.19. The van der Waals surface area contributed by atoms with Crippen LogP contribution in [-0.4, -0.2) is 28.0 Å². The van der Waals surface area contributed by atoms with Crippen LogP contribution in [0.1, 0.15) is 24.0 Å². The Hall–Kier alpha value is -2.11. The molecule has 2 heterocycles. The first kappa shape index (κ1) is 17.3. The Labute approximate surface area is 157 Å². The van der Waals surface area contributed by atoms with Crippen molar-refractivity contribution in [1.29, 1.82) is 0 Å². The summed E-state index contributed by atoms with van der Waals surface area (Å²) in [4.78, 5) is 18.1. The third-order valence-corrected chi connectivity index (χ3v) is 5.83. The van der Waals surface area contributed by atoms with E-state index >= 15 is 0 Å². The Bertz CT molecular complexity index is 1010. The minimum atomic E-state index is -0.0163. The molecule has 1 saturated heterocycles. The Morgan fingerprint density at radius 1 is 1.23 bits per heavy atom. The summed E-state index contributed by atoms with van der Waals surface area (Å²) in [5.74, 6) is 0.815. The maximum Gasteiger partial charge on any atom is 0.266 e. The normalized spacial score (nSPS) is 17.1. The van der Waals surface area contributed by atoms with E-state index in [-0.39, 0.29) is 11.7 Å². The maximum atomic E-state index is 13.3. The van der Waals surface area contributed by atoms with Gasteiger partial charge in [-0.1, -0.05) is 41.6 Å². The summed E-state index contributed by atoms with van der Waals surface area (Å²) < 4.78 is 7.50. The second-order valence-corrected chi connectivity index (χ2v) is 7.78. The maximum absolute atomic E-state index is 13.3. The molecule has 0 radical (unpaired) electrons. The van der Waals surface area contributed by atoms with Crippen molar-refractivity contribution in [2.45, 2.75) is 37.9 Å². The molecule has 2 aromatic carbocycles. The number of nitrogens with zero attached hydrogens (tertiary/aromatic N) is 2. The molecular formula is C21H22N2O2S. The molecular weight excluding hydrogens is 344 g/mol. The number of fused-ring (bicyclic) bond motifs is 1. The Balaban J connectivity index is 1.85. The van der Waals surface area contributed by atoms with Crippen LogP contribution in [0.5, 0.6) is 0 Å². The highest BCUT2D eigenvalue weighted by atomic mass is 32.2. The van der Waals surface area contributed by atoms with Crippen molar-refractivity contribution in [2.75, 3.05) is 12.4 Å². The van der Waals surface area contributed by atoms with Gasteiger partial charge >= 0.3 is 0 Å². The van der Waals surface area contributed by atoms with Crippen LogP contribution in [0.25, 0.3) is 16.6 Å². The zero-order valence-electron chi connectivity index (χ0n) is 15.1. The average molecular weight is 366 g/mol. The predicted octanol–water partition coefficient (Wildman–Crippen LogP) is 4.27. The summed E-state index contributed by atoms with van der Waals surface area (Å²) in [7, 11) is 0. The Morgan fingerprint density at radius 2 is 2.08 bits per heavy atom. The predicted molar refractivity (Wildman–Crippen MR) is 107 cm³/mol. The first-order valence-electron chi connectivity index (χ1n) is 8.97. The molecule has 1 aliphatic rings. The fraction of sp³-hybridized carbons (Fsp3) is 0.333. The van der Waals surface area contributed by atoms with Crippen LogP contribution < -0.4 is 5.56 Å². The van der Waals surface area contributed by atoms with Crippen molar-refractivity contribution in [2.24, 2.45) is 0 Å². The first-order valence-corrected chi connectivity index (χ1v) is 9.96. The van der Waals surface area contributed by atoms with E-state index in [0.717, 1.165) is 47.1 Å². The smallest absolute Gasteiger partial charge is 0.266 e. The molecule has 1 fully saturated rings. The van der Waals surface area contributed by atoms with Crippen LogP contribution in [0.2, 0.25) is 0 Å². The van der Waals surface area contributed by atoms with E-state index in [1.54, 1.807) is 16.3 Å². The number of aryl methyl sites for hydroxylation is 2. The third-order valence-electron chi connectivity index (χ3n) is 4.76. The molecule has 0 aliphatic carbocycles. The van der Waals surface area contributed by atoms with Crippen LogP contribution in [-0.2, 0) is 4.74 Å². The third kappa shape index (κ3) is 3.29. The van der Waals surface area contributed by atoms with E-state index < -0.39 is 0 Å². The molecule has 0 spiro atoms. The van der Waals surface area contributed by atoms with Crippen molar-refractivity contribution in [3.8, 4) is 5.69 Å². The van der Waals surface area contributed by atoms with E-state index in [4.69, 9.17) is 9.72 Å². The molecule has 0 N–H and O–H groups in total. The summed E-state index contributed by atoms with van der Waals surface area (Å²) in [6.07, 6.45) is 2.44. The van der Waals surface area contributed by atoms with Crippen LogP contribution >= 0.6 is 11.8 Å². The molecule has 4 nitrogen and oxygen atoms in total. The molecule has 1 atom stereocenters. The van der Waals surface area contributed by atoms with Gasteiger partial charge in [0.1, 0.15) is 0 Å². The number of benzene rings is 2. The molecule has 1 unspecified atom stereocenters. The van der Waals surface area contributed by atoms with Gasteiger partial charge in [-0.05, 0) is 50.5 Å². The molecule has 4 rings (SSSR count). The summed E-state index contributed by atoms with van der Waals surface area (Å²) >= 11 is 1.61. The molecule has 1 aliphatic heterocycles. The number of para-hydroxylation sites is 1. The van der Waals surface area contributed by atoms with Crippen molar-refractivity contribution in [1.82, 2.24) is 9.55 Å². The average Bonchev–Trinajstić information content (AvgIpc) is 3.15. The zero-order valence-corrected chi connectivity index (χ0v) is 15.9. The Kier molecular flexibility index (Phi) is 4.83. The van der Waals surface area contributed by atoms with Gasteiger partial charge in [0, 0.05) is 12.4 Å². The monoisotopic (exact) mass is 366 g/mol. The lowest BCUT2D eigenvalue weighted by atomic mass is 10.1. The fourth-order valence-corrected chi connectivity index (χ4v) is 4.49. The molecule has 26 heavy (non-hydrogen) atoms. The van der Waals surface area contributed by atoms with E-state index in [1.807, 2.05) is 43.3 Å². The van der Waals surface area contributed by atoms with Gasteiger partial charge in [0.25, 0.3) is 5.56 Å². The Morgan fingerprint density at radius 3 is 2.85 bits per heavy atom. The van der Waals surface area contributed by atoms with E-state index in [1.165, 1.54) is 5.56 Å². The summed E-state index contributed by atoms with van der Waals surface area (Å²) in [5.41, 5.74) is 3.88. The summed E-state index contributed by atoms with van der Waals surface area (Å²) in [6, 6.07) is 13.7. The van der Waals surface area contributed by atoms with Crippen LogP contribution in [0.4, 0.5) is 0 Å². The fourth-order valence-electron chi connectivity index (χ4n) is 3.42. The first-order chi connectivity index (χ1) is 12.6. The second kappa shape index (κ2) is 7.25. The van der Waals surface area contributed by atoms with Gasteiger partial charge in [0.05, 0.1) is 22.7 Å². The number of hydrogen-bond acceptors (Lipinski definition) is 4. The topological polar surface area (TPSA) is 44.1 Å². The second-order valence-electron chi connectivity index (χ2n) is 6.79. The molecule has 0 saturated carbocycles. The zero-order chi connectivity index (χ0) is 18.1. The van der Waals surface area contributed by atoms with Crippen molar-refractivity contribution >= 4 is 22.7 Å². The molecule has 3 aromatic rings. The van der Waals surface area contributed by atoms with Gasteiger partial charge in [-0.15, -0.1) is 0 Å². The van der Waals surface area contributed by atoms with Crippen LogP contribution in [0.3, 0.4) is 0 Å². The molecule has 5 heteroatoms. The number of ether oxygens (including phenoxy) is 1. The van der Waals surface area contributed by atoms with Crippen molar-refractivity contribution in [3.05, 3.63) is 63.9 Å². The number of thioether (sulfide) groups is 1. The molecule has 134 valence electrons. The van der Waals surface area contributed by atoms with E-state index in [0.29, 0.717) is 5.39 Å². The van der Waals surface area contributed by atoms with Crippen molar-refractivity contribution < 1.29 is 4.74 Å². The van der Waals surface area contributed by atoms with Gasteiger partial charge in [0.15, 0.2) is 5.16 Å². The van der Waals surface area contributed by atoms with Gasteiger partial charge in [-0.2, -0.15) is 0 Å². The molecule has 0 bridgehead atoms. The number of aromatic nitrogens is 2. The number of hydrogen-bond donors (Lipinski definition) is 0. The molecule has 1 aromatic heterocycles. The quantitative estimate of drug-likeness (QED) is 0.511. The van der Waals surface area contributed by atoms with Crippen LogP contribution in [0.15, 0.2) is 52.4 Å². The SMILES string of the molecule is Cc1ccc(-n2c(SCC3CCCO3)nc3ccccc3c2=O)c(C)c1. The largest absolute Gasteiger partial charge is 0.377 e. The summed E-state index contributed by atoms with van der Waals surface area (Å²) in [6.45, 7) is 4.93. The van der Waals surface area contributed by atoms with Crippen LogP contribution in [0, 0.1) is 13.8 Å². The lowest BCUT2D eigenvalue weighted by Gasteiger charge is -2.16. The minimum absolute atomic E-state index is 0.0163. The molecule has 0 amide bonds. The standard InChI is InChI=1S/C21H22N2O2S/c1-14-9-10-19(15(2)12-14)23-20(24)17-7-3-4-8-18(17)22-21(23)26-13-16-6-5-11-25-16/h3-4,7-10,12,16H,5-6,11,13H2,1-2H3. The van der Waals surface area contributed by atoms with E-state index in [2.05, 4.69) is 13.0 Å². The lowest BCUT2D eigenvalue weighted by Crippen LogP contribution is -2.23. The van der Waals surface area contributed by atoms with Gasteiger partial charge < -0.3 is 4.74 Å². The highest BCUT2D eigenvalue weighted by Crippen LogP contribution is 2.26. The number of rotatable bonds is 4. The van der Waals surface area contributed by atoms with Gasteiger partial charge in [-0.3, -0.25) is 9.36 Å². The highest BCUT2D eigenvalue weighted by molar-refractivity contribution is 7.99. The van der Waals surface area contributed by atoms with Gasteiger partial charge in [0.2, 0.25) is 0 Å². The van der Waals surface area contributed by atoms with Gasteiger partial charge in [-0.25, -0.2) is 4.98 Å². The lowest BCUT2D eigenvalue weighted by molar-refractivity contribution is 0.129. The minimum Gasteiger partial charge on any atom is -0.377 e. The van der Waals surface area contributed by atoms with Crippen molar-refractivity contribution in [3.63, 3.8) is 0 Å². The van der Waals surface area contributed by atoms with E-state index in [9.17, 15) is 4.79 Å².